The highest BCUT2D eigenvalue weighted by molar-refractivity contribution is 6.74. The van der Waals surface area contributed by atoms with E-state index in [1.807, 2.05) is 12.1 Å². The molecule has 0 saturated carbocycles. The van der Waals surface area contributed by atoms with Gasteiger partial charge in [-0.15, -0.1) is 0 Å². The number of aryl methyl sites for hydroxylation is 1. The van der Waals surface area contributed by atoms with E-state index in [9.17, 15) is 4.79 Å². The summed E-state index contributed by atoms with van der Waals surface area (Å²) >= 11 is 0. The lowest BCUT2D eigenvalue weighted by Crippen LogP contribution is -2.40. The molecule has 4 nitrogen and oxygen atoms in total. The second-order valence-electron chi connectivity index (χ2n) is 7.57. The Morgan fingerprint density at radius 3 is 2.26 bits per heavy atom. The first kappa shape index (κ1) is 19.9. The molecule has 1 aromatic carbocycles. The average Bonchev–Trinajstić information content (AvgIpc) is 2.50. The second-order valence-corrected chi connectivity index (χ2v) is 12.4. The lowest BCUT2D eigenvalue weighted by atomic mass is 10.1. The number of carbonyl (C=O) groups is 1. The van der Waals surface area contributed by atoms with Gasteiger partial charge in [0.25, 0.3) is 0 Å². The summed E-state index contributed by atoms with van der Waals surface area (Å²) in [5.41, 5.74) is 8.67. The zero-order chi connectivity index (χ0) is 17.8. The van der Waals surface area contributed by atoms with Crippen LogP contribution in [0.3, 0.4) is 0 Å². The van der Waals surface area contributed by atoms with Gasteiger partial charge in [0.1, 0.15) is 0 Å². The molecule has 0 aliphatic carbocycles. The number of likely N-dealkylation sites (N-methyl/N-ethyl adjacent to an activating group) is 1. The van der Waals surface area contributed by atoms with E-state index in [2.05, 4.69) is 46.9 Å². The van der Waals surface area contributed by atoms with Crippen LogP contribution < -0.4 is 10.6 Å². The molecular weight excluding hydrogens is 304 g/mol. The number of nitrogens with zero attached hydrogens (tertiary/aromatic N) is 1. The number of anilines is 1. The van der Waals surface area contributed by atoms with Gasteiger partial charge >= 0.3 is 0 Å². The van der Waals surface area contributed by atoms with Crippen molar-refractivity contribution in [2.24, 2.45) is 5.73 Å². The average molecular weight is 337 g/mol. The van der Waals surface area contributed by atoms with Crippen LogP contribution in [0.1, 0.15) is 38.8 Å². The van der Waals surface area contributed by atoms with Gasteiger partial charge in [0.2, 0.25) is 5.91 Å². The van der Waals surface area contributed by atoms with Crippen molar-refractivity contribution in [3.63, 3.8) is 0 Å². The molecule has 1 rings (SSSR count). The van der Waals surface area contributed by atoms with Crippen molar-refractivity contribution in [2.75, 3.05) is 18.5 Å². The highest BCUT2D eigenvalue weighted by Gasteiger charge is 2.37. The van der Waals surface area contributed by atoms with Crippen LogP contribution in [0.5, 0.6) is 0 Å². The molecule has 1 amide bonds. The van der Waals surface area contributed by atoms with Gasteiger partial charge < -0.3 is 15.1 Å². The monoisotopic (exact) mass is 336 g/mol. The maximum Gasteiger partial charge on any atom is 0.240 e. The third-order valence-electron chi connectivity index (χ3n) is 4.79. The Labute approximate surface area is 142 Å². The number of rotatable bonds is 6. The summed E-state index contributed by atoms with van der Waals surface area (Å²) in [4.78, 5) is 13.5. The van der Waals surface area contributed by atoms with Gasteiger partial charge in [-0.25, -0.2) is 0 Å². The lowest BCUT2D eigenvalue weighted by Gasteiger charge is -2.36. The van der Waals surface area contributed by atoms with Gasteiger partial charge in [0, 0.05) is 12.7 Å². The largest absolute Gasteiger partial charge is 0.413 e. The molecule has 0 bridgehead atoms. The molecule has 0 unspecified atom stereocenters. The predicted octanol–water partition coefficient (Wildman–Crippen LogP) is 3.69. The van der Waals surface area contributed by atoms with Crippen LogP contribution in [0.25, 0.3) is 0 Å². The number of hydrogen-bond acceptors (Lipinski definition) is 3. The van der Waals surface area contributed by atoms with Gasteiger partial charge in [-0.2, -0.15) is 0 Å². The summed E-state index contributed by atoms with van der Waals surface area (Å²) in [5.74, 6) is -0.0884. The Morgan fingerprint density at radius 1 is 1.22 bits per heavy atom. The van der Waals surface area contributed by atoms with Crippen molar-refractivity contribution in [1.82, 2.24) is 0 Å². The zero-order valence-electron chi connectivity index (χ0n) is 15.7. The third-order valence-corrected chi connectivity index (χ3v) is 9.27. The first-order chi connectivity index (χ1) is 10.5. The molecule has 0 aliphatic rings. The molecular formula is C18H32N2O2Si. The third kappa shape index (κ3) is 5.16. The molecule has 0 saturated heterocycles. The van der Waals surface area contributed by atoms with Crippen LogP contribution in [0.2, 0.25) is 18.1 Å². The van der Waals surface area contributed by atoms with E-state index in [0.717, 1.165) is 17.7 Å². The molecule has 0 aromatic heterocycles. The van der Waals surface area contributed by atoms with Crippen molar-refractivity contribution in [2.45, 2.75) is 58.9 Å². The Bertz CT molecular complexity index is 550. The summed E-state index contributed by atoms with van der Waals surface area (Å²) in [6.07, 6.45) is 0.922. The molecule has 23 heavy (non-hydrogen) atoms. The van der Waals surface area contributed by atoms with Crippen LogP contribution in [0, 0.1) is 0 Å². The van der Waals surface area contributed by atoms with Gasteiger partial charge in [0.15, 0.2) is 8.32 Å². The van der Waals surface area contributed by atoms with E-state index in [4.69, 9.17) is 10.2 Å². The fourth-order valence-corrected chi connectivity index (χ4v) is 2.95. The Balaban J connectivity index is 3.02. The number of amides is 1. The maximum absolute atomic E-state index is 11.8. The van der Waals surface area contributed by atoms with Crippen LogP contribution in [0.4, 0.5) is 5.69 Å². The molecule has 5 heteroatoms. The molecule has 0 radical (unpaired) electrons. The van der Waals surface area contributed by atoms with E-state index in [1.165, 1.54) is 5.56 Å². The molecule has 0 spiro atoms. The molecule has 0 aliphatic heterocycles. The number of hydrogen-bond donors (Lipinski definition) is 1. The fourth-order valence-electron chi connectivity index (χ4n) is 1.99. The topological polar surface area (TPSA) is 55.6 Å². The fraction of sp³-hybridized carbons (Fsp3) is 0.611. The molecule has 130 valence electrons. The van der Waals surface area contributed by atoms with Gasteiger partial charge in [0.05, 0.1) is 13.2 Å². The molecule has 0 atom stereocenters. The van der Waals surface area contributed by atoms with Crippen molar-refractivity contribution < 1.29 is 9.22 Å². The normalized spacial score (nSPS) is 12.3. The molecule has 1 aromatic rings. The van der Waals surface area contributed by atoms with Gasteiger partial charge in [-0.1, -0.05) is 33.8 Å². The van der Waals surface area contributed by atoms with Crippen molar-refractivity contribution in [3.05, 3.63) is 29.3 Å². The SMILES string of the molecule is CCc1cc(CO[Si](C)(C)C(C)(C)C)cc(N(C)C(=O)CN)c1. The Hall–Kier alpha value is -1.17. The minimum Gasteiger partial charge on any atom is -0.413 e. The second kappa shape index (κ2) is 7.60. The van der Waals surface area contributed by atoms with Gasteiger partial charge in [-0.05, 0) is 47.8 Å². The minimum absolute atomic E-state index is 0.0165. The highest BCUT2D eigenvalue weighted by Crippen LogP contribution is 2.37. The number of carbonyl (C=O) groups excluding carboxylic acids is 1. The number of benzene rings is 1. The summed E-state index contributed by atoms with van der Waals surface area (Å²) < 4.78 is 6.31. The summed E-state index contributed by atoms with van der Waals surface area (Å²) in [6, 6.07) is 6.24. The van der Waals surface area contributed by atoms with Crippen molar-refractivity contribution in [1.29, 1.82) is 0 Å². The highest BCUT2D eigenvalue weighted by atomic mass is 28.4. The quantitative estimate of drug-likeness (QED) is 0.806. The van der Waals surface area contributed by atoms with Crippen molar-refractivity contribution >= 4 is 19.9 Å². The van der Waals surface area contributed by atoms with E-state index in [1.54, 1.807) is 11.9 Å². The summed E-state index contributed by atoms with van der Waals surface area (Å²) in [6.45, 7) is 13.9. The minimum atomic E-state index is -1.79. The van der Waals surface area contributed by atoms with Crippen LogP contribution in [-0.4, -0.2) is 27.8 Å². The zero-order valence-corrected chi connectivity index (χ0v) is 16.7. The van der Waals surface area contributed by atoms with Gasteiger partial charge in [-0.3, -0.25) is 4.79 Å². The van der Waals surface area contributed by atoms with E-state index in [0.29, 0.717) is 6.61 Å². The Kier molecular flexibility index (Phi) is 6.56. The maximum atomic E-state index is 11.8. The standard InChI is InChI=1S/C18H32N2O2Si/c1-8-14-9-15(13-22-23(6,7)18(2,3)4)11-16(10-14)20(5)17(21)12-19/h9-11H,8,12-13,19H2,1-7H3. The van der Waals surface area contributed by atoms with Crippen LogP contribution in [-0.2, 0) is 22.2 Å². The van der Waals surface area contributed by atoms with Crippen LogP contribution in [0.15, 0.2) is 18.2 Å². The first-order valence-electron chi connectivity index (χ1n) is 8.25. The molecule has 0 heterocycles. The molecule has 0 fully saturated rings. The summed E-state index contributed by atoms with van der Waals surface area (Å²) in [7, 11) is -0.0228. The first-order valence-corrected chi connectivity index (χ1v) is 11.2. The van der Waals surface area contributed by atoms with E-state index < -0.39 is 8.32 Å². The van der Waals surface area contributed by atoms with Crippen molar-refractivity contribution in [3.8, 4) is 0 Å². The molecule has 2 N–H and O–H groups in total. The van der Waals surface area contributed by atoms with E-state index >= 15 is 0 Å². The lowest BCUT2D eigenvalue weighted by molar-refractivity contribution is -0.117. The van der Waals surface area contributed by atoms with Crippen LogP contribution >= 0.6 is 0 Å². The Morgan fingerprint density at radius 2 is 1.78 bits per heavy atom. The smallest absolute Gasteiger partial charge is 0.240 e. The predicted molar refractivity (Wildman–Crippen MR) is 100 cm³/mol. The number of nitrogens with two attached hydrogens (primary N) is 1. The summed E-state index contributed by atoms with van der Waals surface area (Å²) in [5, 5.41) is 0.185. The van der Waals surface area contributed by atoms with E-state index in [-0.39, 0.29) is 17.5 Å².